The van der Waals surface area contributed by atoms with E-state index in [0.717, 1.165) is 25.2 Å². The van der Waals surface area contributed by atoms with Gasteiger partial charge in [0.05, 0.1) is 19.2 Å². The van der Waals surface area contributed by atoms with Gasteiger partial charge < -0.3 is 5.11 Å². The van der Waals surface area contributed by atoms with Crippen molar-refractivity contribution in [2.45, 2.75) is 32.0 Å². The van der Waals surface area contributed by atoms with Gasteiger partial charge in [-0.25, -0.2) is 4.68 Å². The highest BCUT2D eigenvalue weighted by Crippen LogP contribution is 2.34. The van der Waals surface area contributed by atoms with Gasteiger partial charge in [-0.05, 0) is 28.8 Å². The Balaban J connectivity index is 1.68. The largest absolute Gasteiger partial charge is 0.395 e. The van der Waals surface area contributed by atoms with Gasteiger partial charge in [0, 0.05) is 13.1 Å². The van der Waals surface area contributed by atoms with Gasteiger partial charge in [-0.15, -0.1) is 5.10 Å². The van der Waals surface area contributed by atoms with E-state index in [1.54, 1.807) is 0 Å². The second kappa shape index (κ2) is 6.11. The second-order valence-corrected chi connectivity index (χ2v) is 5.19. The van der Waals surface area contributed by atoms with Crippen LogP contribution in [-0.4, -0.2) is 43.4 Å². The molecule has 106 valence electrons. The minimum absolute atomic E-state index is 0.137. The third-order valence-electron chi connectivity index (χ3n) is 3.48. The molecule has 1 aliphatic carbocycles. The zero-order valence-corrected chi connectivity index (χ0v) is 11.4. The van der Waals surface area contributed by atoms with E-state index in [-0.39, 0.29) is 6.61 Å². The van der Waals surface area contributed by atoms with Crippen LogP contribution in [0.3, 0.4) is 0 Å². The molecule has 1 saturated carbocycles. The second-order valence-electron chi connectivity index (χ2n) is 5.19. The lowest BCUT2D eigenvalue weighted by Crippen LogP contribution is -2.27. The fourth-order valence-electron chi connectivity index (χ4n) is 2.32. The molecule has 0 aliphatic heterocycles. The van der Waals surface area contributed by atoms with Gasteiger partial charge >= 0.3 is 0 Å². The normalized spacial score (nSPS) is 14.9. The summed E-state index contributed by atoms with van der Waals surface area (Å²) in [5, 5.41) is 21.2. The summed E-state index contributed by atoms with van der Waals surface area (Å²) < 4.78 is 1.93. The van der Waals surface area contributed by atoms with Crippen molar-refractivity contribution in [3.8, 4) is 0 Å². The maximum atomic E-state index is 9.23. The standard InChI is InChI=1S/C14H19N5O/c20-9-8-18(10-12-4-2-1-3-5-12)11-14-15-16-17-19(14)13-6-7-13/h1-5,13,20H,6-11H2. The molecule has 0 unspecified atom stereocenters. The molecule has 0 amide bonds. The van der Waals surface area contributed by atoms with Gasteiger partial charge in [0.25, 0.3) is 0 Å². The number of hydrogen-bond acceptors (Lipinski definition) is 5. The molecule has 6 heteroatoms. The summed E-state index contributed by atoms with van der Waals surface area (Å²) in [6.45, 7) is 2.21. The zero-order chi connectivity index (χ0) is 13.8. The molecule has 0 atom stereocenters. The molecule has 1 aliphatic rings. The average Bonchev–Trinajstić information content (AvgIpc) is 3.21. The van der Waals surface area contributed by atoms with Crippen molar-refractivity contribution in [1.29, 1.82) is 0 Å². The van der Waals surface area contributed by atoms with Crippen LogP contribution in [0.4, 0.5) is 0 Å². The molecule has 1 heterocycles. The van der Waals surface area contributed by atoms with Crippen LogP contribution < -0.4 is 0 Å². The first-order valence-corrected chi connectivity index (χ1v) is 7.00. The summed E-state index contributed by atoms with van der Waals surface area (Å²) in [6.07, 6.45) is 2.33. The molecule has 0 radical (unpaired) electrons. The van der Waals surface area contributed by atoms with Crippen molar-refractivity contribution in [1.82, 2.24) is 25.1 Å². The number of rotatable bonds is 7. The first-order chi connectivity index (χ1) is 9.86. The Morgan fingerprint density at radius 1 is 1.20 bits per heavy atom. The fourth-order valence-corrected chi connectivity index (χ4v) is 2.32. The molecule has 1 N–H and O–H groups in total. The molecule has 20 heavy (non-hydrogen) atoms. The Hall–Kier alpha value is -1.79. The van der Waals surface area contributed by atoms with Crippen molar-refractivity contribution < 1.29 is 5.11 Å². The van der Waals surface area contributed by atoms with E-state index in [4.69, 9.17) is 0 Å². The number of aliphatic hydroxyl groups is 1. The first kappa shape index (κ1) is 13.2. The quantitative estimate of drug-likeness (QED) is 0.815. The van der Waals surface area contributed by atoms with Gasteiger partial charge in [0.2, 0.25) is 0 Å². The summed E-state index contributed by atoms with van der Waals surface area (Å²) in [6, 6.07) is 10.7. The molecule has 1 aromatic carbocycles. The van der Waals surface area contributed by atoms with E-state index < -0.39 is 0 Å². The SMILES string of the molecule is OCCN(Cc1ccccc1)Cc1nnnn1C1CC1. The van der Waals surface area contributed by atoms with Gasteiger partial charge in [-0.1, -0.05) is 30.3 Å². The summed E-state index contributed by atoms with van der Waals surface area (Å²) >= 11 is 0. The third-order valence-corrected chi connectivity index (χ3v) is 3.48. The Labute approximate surface area is 118 Å². The lowest BCUT2D eigenvalue weighted by Gasteiger charge is -2.20. The number of aliphatic hydroxyl groups excluding tert-OH is 1. The van der Waals surface area contributed by atoms with Crippen molar-refractivity contribution >= 4 is 0 Å². The predicted molar refractivity (Wildman–Crippen MR) is 73.7 cm³/mol. The molecular formula is C14H19N5O. The van der Waals surface area contributed by atoms with Crippen LogP contribution >= 0.6 is 0 Å². The third kappa shape index (κ3) is 3.20. The zero-order valence-electron chi connectivity index (χ0n) is 11.4. The van der Waals surface area contributed by atoms with E-state index >= 15 is 0 Å². The monoisotopic (exact) mass is 273 g/mol. The molecule has 0 spiro atoms. The molecule has 2 aromatic rings. The molecule has 1 fully saturated rings. The van der Waals surface area contributed by atoms with E-state index in [9.17, 15) is 5.11 Å². The number of benzene rings is 1. The van der Waals surface area contributed by atoms with Gasteiger partial charge in [-0.2, -0.15) is 0 Å². The minimum atomic E-state index is 0.137. The van der Waals surface area contributed by atoms with Crippen LogP contribution in [-0.2, 0) is 13.1 Å². The Morgan fingerprint density at radius 3 is 2.70 bits per heavy atom. The van der Waals surface area contributed by atoms with Crippen molar-refractivity contribution in [2.75, 3.05) is 13.2 Å². The maximum absolute atomic E-state index is 9.23. The number of tetrazole rings is 1. The van der Waals surface area contributed by atoms with Crippen LogP contribution in [0.2, 0.25) is 0 Å². The maximum Gasteiger partial charge on any atom is 0.165 e. The van der Waals surface area contributed by atoms with Crippen LogP contribution in [0.15, 0.2) is 30.3 Å². The lowest BCUT2D eigenvalue weighted by molar-refractivity contribution is 0.179. The molecule has 6 nitrogen and oxygen atoms in total. The van der Waals surface area contributed by atoms with Crippen molar-refractivity contribution in [3.05, 3.63) is 41.7 Å². The Morgan fingerprint density at radius 2 is 2.00 bits per heavy atom. The summed E-state index contributed by atoms with van der Waals surface area (Å²) in [7, 11) is 0. The summed E-state index contributed by atoms with van der Waals surface area (Å²) in [5.74, 6) is 0.886. The predicted octanol–water partition coefficient (Wildman–Crippen LogP) is 1.00. The van der Waals surface area contributed by atoms with Gasteiger partial charge in [0.1, 0.15) is 0 Å². The molecule has 3 rings (SSSR count). The Bertz CT molecular complexity index is 538. The lowest BCUT2D eigenvalue weighted by atomic mass is 10.2. The Kier molecular flexibility index (Phi) is 4.03. The van der Waals surface area contributed by atoms with Gasteiger partial charge in [-0.3, -0.25) is 4.90 Å². The average molecular weight is 273 g/mol. The molecule has 0 bridgehead atoms. The van der Waals surface area contributed by atoms with E-state index in [1.807, 2.05) is 22.9 Å². The highest BCUT2D eigenvalue weighted by atomic mass is 16.3. The molecular weight excluding hydrogens is 254 g/mol. The molecule has 1 aromatic heterocycles. The minimum Gasteiger partial charge on any atom is -0.395 e. The summed E-state index contributed by atoms with van der Waals surface area (Å²) in [5.41, 5.74) is 1.23. The highest BCUT2D eigenvalue weighted by Gasteiger charge is 2.28. The highest BCUT2D eigenvalue weighted by molar-refractivity contribution is 5.14. The number of aromatic nitrogens is 4. The number of hydrogen-bond donors (Lipinski definition) is 1. The smallest absolute Gasteiger partial charge is 0.165 e. The van der Waals surface area contributed by atoms with Crippen LogP contribution in [0, 0.1) is 0 Å². The van der Waals surface area contributed by atoms with Crippen LogP contribution in [0.25, 0.3) is 0 Å². The summed E-state index contributed by atoms with van der Waals surface area (Å²) in [4.78, 5) is 2.17. The topological polar surface area (TPSA) is 67.1 Å². The van der Waals surface area contributed by atoms with E-state index in [1.165, 1.54) is 5.56 Å². The fraction of sp³-hybridized carbons (Fsp3) is 0.500. The van der Waals surface area contributed by atoms with Crippen molar-refractivity contribution in [2.24, 2.45) is 0 Å². The molecule has 0 saturated heterocycles. The van der Waals surface area contributed by atoms with Crippen LogP contribution in [0.1, 0.15) is 30.3 Å². The van der Waals surface area contributed by atoms with Crippen LogP contribution in [0.5, 0.6) is 0 Å². The van der Waals surface area contributed by atoms with E-state index in [2.05, 4.69) is 32.6 Å². The van der Waals surface area contributed by atoms with Crippen molar-refractivity contribution in [3.63, 3.8) is 0 Å². The van der Waals surface area contributed by atoms with Gasteiger partial charge in [0.15, 0.2) is 5.82 Å². The first-order valence-electron chi connectivity index (χ1n) is 7.00. The number of nitrogens with zero attached hydrogens (tertiary/aromatic N) is 5. The van der Waals surface area contributed by atoms with E-state index in [0.29, 0.717) is 19.1 Å².